The smallest absolute Gasteiger partial charge is 0.337 e. The summed E-state index contributed by atoms with van der Waals surface area (Å²) in [6.07, 6.45) is -5.11. The first-order valence-electron chi connectivity index (χ1n) is 13.0. The van der Waals surface area contributed by atoms with Gasteiger partial charge in [0, 0.05) is 25.1 Å². The second kappa shape index (κ2) is 10.9. The molecule has 11 nitrogen and oxygen atoms in total. The number of nitrogens with zero attached hydrogens (tertiary/aromatic N) is 5. The number of nitriles is 1. The van der Waals surface area contributed by atoms with Gasteiger partial charge in [0.15, 0.2) is 5.54 Å². The third kappa shape index (κ3) is 5.48. The Bertz CT molecular complexity index is 1400. The highest BCUT2D eigenvalue weighted by molar-refractivity contribution is 6.02. The zero-order valence-electron chi connectivity index (χ0n) is 22.9. The predicted octanol–water partition coefficient (Wildman–Crippen LogP) is 2.26. The lowest BCUT2D eigenvalue weighted by Crippen LogP contribution is -2.56. The zero-order chi connectivity index (χ0) is 30.3. The fourth-order valence-corrected chi connectivity index (χ4v) is 5.29. The summed E-state index contributed by atoms with van der Waals surface area (Å²) in [6, 6.07) is 9.27. The summed E-state index contributed by atoms with van der Waals surface area (Å²) >= 11 is 0. The van der Waals surface area contributed by atoms with Crippen molar-refractivity contribution in [1.29, 1.82) is 5.26 Å². The van der Waals surface area contributed by atoms with E-state index in [1.807, 2.05) is 30.3 Å². The third-order valence-corrected chi connectivity index (χ3v) is 7.39. The Labute approximate surface area is 234 Å². The SMILES string of the molecule is CC(C)CC(C(=O)N1C[C@]2(C[C@H]1C#N)C(=O)Nc1cc(-c3ccccc3)nn12)N(C)C(=O)C(C)NC(=O)C(F)(F)F. The Morgan fingerprint density at radius 2 is 1.90 bits per heavy atom. The molecule has 1 spiro atoms. The minimum absolute atomic E-state index is 0.0475. The van der Waals surface area contributed by atoms with E-state index in [4.69, 9.17) is 0 Å². The molecule has 0 radical (unpaired) electrons. The van der Waals surface area contributed by atoms with E-state index in [1.165, 1.54) is 16.6 Å². The van der Waals surface area contributed by atoms with E-state index in [2.05, 4.69) is 16.5 Å². The second-order valence-electron chi connectivity index (χ2n) is 10.8. The summed E-state index contributed by atoms with van der Waals surface area (Å²) in [4.78, 5) is 53.8. The van der Waals surface area contributed by atoms with Crippen molar-refractivity contribution in [2.24, 2.45) is 5.92 Å². The predicted molar refractivity (Wildman–Crippen MR) is 140 cm³/mol. The van der Waals surface area contributed by atoms with Crippen LogP contribution in [0.2, 0.25) is 0 Å². The van der Waals surface area contributed by atoms with Crippen LogP contribution in [0.15, 0.2) is 36.4 Å². The molecule has 2 aliphatic heterocycles. The number of benzene rings is 1. The van der Waals surface area contributed by atoms with Crippen molar-refractivity contribution in [3.05, 3.63) is 36.4 Å². The standard InChI is InChI=1S/C27H30F3N7O4/c1-15(2)10-20(35(4)22(38)16(3)32-25(41)27(28,29)30)23(39)36-14-26(12-18(36)13-31)24(40)33-21-11-19(34-37(21)26)17-8-6-5-7-9-17/h5-9,11,15-16,18,20H,10,12,14H2,1-4H3,(H,32,41)(H,33,40)/t16?,18-,20?,26+/m0/s1. The summed E-state index contributed by atoms with van der Waals surface area (Å²) in [5, 5.41) is 19.0. The number of rotatable bonds is 7. The highest BCUT2D eigenvalue weighted by Crippen LogP contribution is 2.42. The molecule has 2 N–H and O–H groups in total. The molecule has 1 saturated heterocycles. The number of fused-ring (bicyclic) bond motifs is 2. The maximum Gasteiger partial charge on any atom is 0.471 e. The molecule has 0 aliphatic carbocycles. The first-order valence-corrected chi connectivity index (χ1v) is 13.0. The first kappa shape index (κ1) is 29.6. The second-order valence-corrected chi connectivity index (χ2v) is 10.8. The van der Waals surface area contributed by atoms with Crippen LogP contribution in [0, 0.1) is 17.2 Å². The van der Waals surface area contributed by atoms with Gasteiger partial charge in [-0.05, 0) is 19.3 Å². The molecule has 2 unspecified atom stereocenters. The fraction of sp³-hybridized carbons (Fsp3) is 0.481. The summed E-state index contributed by atoms with van der Waals surface area (Å²) in [5.41, 5.74) is 0.0405. The van der Waals surface area contributed by atoms with Crippen molar-refractivity contribution in [3.8, 4) is 17.3 Å². The lowest BCUT2D eigenvalue weighted by atomic mass is 9.96. The number of nitrogens with one attached hydrogen (secondary N) is 2. The maximum atomic E-state index is 13.9. The summed E-state index contributed by atoms with van der Waals surface area (Å²) in [5.74, 6) is -3.96. The number of hydrogen-bond donors (Lipinski definition) is 2. The number of amides is 4. The molecule has 1 aromatic carbocycles. The van der Waals surface area contributed by atoms with Crippen LogP contribution in [-0.2, 0) is 24.7 Å². The van der Waals surface area contributed by atoms with Gasteiger partial charge in [0.25, 0.3) is 5.91 Å². The number of carbonyl (C=O) groups excluding carboxylic acids is 4. The average Bonchev–Trinajstić information content (AvgIpc) is 3.59. The molecule has 4 atom stereocenters. The van der Waals surface area contributed by atoms with E-state index < -0.39 is 53.5 Å². The lowest BCUT2D eigenvalue weighted by molar-refractivity contribution is -0.175. The highest BCUT2D eigenvalue weighted by atomic mass is 19.4. The summed E-state index contributed by atoms with van der Waals surface area (Å²) < 4.78 is 39.7. The van der Waals surface area contributed by atoms with Crippen molar-refractivity contribution in [2.45, 2.75) is 63.5 Å². The van der Waals surface area contributed by atoms with Gasteiger partial charge < -0.3 is 20.4 Å². The number of carbonyl (C=O) groups is 4. The van der Waals surface area contributed by atoms with E-state index >= 15 is 0 Å². The van der Waals surface area contributed by atoms with Crippen LogP contribution in [0.4, 0.5) is 19.0 Å². The number of likely N-dealkylation sites (tertiary alicyclic amines) is 1. The van der Waals surface area contributed by atoms with Gasteiger partial charge in [-0.1, -0.05) is 44.2 Å². The van der Waals surface area contributed by atoms with Gasteiger partial charge in [-0.15, -0.1) is 0 Å². The number of anilines is 1. The van der Waals surface area contributed by atoms with E-state index in [0.29, 0.717) is 11.5 Å². The third-order valence-electron chi connectivity index (χ3n) is 7.39. The van der Waals surface area contributed by atoms with Crippen LogP contribution in [0.3, 0.4) is 0 Å². The Morgan fingerprint density at radius 1 is 1.24 bits per heavy atom. The van der Waals surface area contributed by atoms with E-state index in [-0.39, 0.29) is 25.3 Å². The Morgan fingerprint density at radius 3 is 2.49 bits per heavy atom. The largest absolute Gasteiger partial charge is 0.471 e. The van der Waals surface area contributed by atoms with Crippen LogP contribution >= 0.6 is 0 Å². The highest BCUT2D eigenvalue weighted by Gasteiger charge is 2.58. The van der Waals surface area contributed by atoms with Crippen LogP contribution in [0.5, 0.6) is 0 Å². The van der Waals surface area contributed by atoms with Gasteiger partial charge >= 0.3 is 12.1 Å². The zero-order valence-corrected chi connectivity index (χ0v) is 22.9. The Balaban J connectivity index is 1.61. The van der Waals surface area contributed by atoms with E-state index in [1.54, 1.807) is 25.2 Å². The van der Waals surface area contributed by atoms with Gasteiger partial charge in [-0.25, -0.2) is 4.68 Å². The molecule has 41 heavy (non-hydrogen) atoms. The van der Waals surface area contributed by atoms with E-state index in [9.17, 15) is 37.6 Å². The molecule has 1 aromatic heterocycles. The molecule has 1 fully saturated rings. The van der Waals surface area contributed by atoms with Crippen molar-refractivity contribution in [1.82, 2.24) is 24.9 Å². The van der Waals surface area contributed by atoms with Crippen LogP contribution < -0.4 is 10.6 Å². The number of halogens is 3. The number of aromatic nitrogens is 2. The van der Waals surface area contributed by atoms with E-state index in [0.717, 1.165) is 17.4 Å². The first-order chi connectivity index (χ1) is 19.2. The van der Waals surface area contributed by atoms with Gasteiger partial charge in [-0.2, -0.15) is 23.5 Å². The van der Waals surface area contributed by atoms with Gasteiger partial charge in [0.05, 0.1) is 18.3 Å². The topological polar surface area (TPSA) is 140 Å². The molecular formula is C27H30F3N7O4. The van der Waals surface area contributed by atoms with Crippen LogP contribution in [0.1, 0.15) is 33.6 Å². The quantitative estimate of drug-likeness (QED) is 0.521. The normalized spacial score (nSPS) is 21.3. The van der Waals surface area contributed by atoms with Crippen LogP contribution in [0.25, 0.3) is 11.3 Å². The fourth-order valence-electron chi connectivity index (χ4n) is 5.29. The van der Waals surface area contributed by atoms with Gasteiger partial charge in [0.2, 0.25) is 11.8 Å². The number of hydrogen-bond acceptors (Lipinski definition) is 6. The molecule has 3 heterocycles. The molecule has 218 valence electrons. The van der Waals surface area contributed by atoms with Crippen LogP contribution in [-0.4, -0.2) is 81.1 Å². The molecule has 4 rings (SSSR count). The molecule has 2 aliphatic rings. The Hall–Kier alpha value is -4.41. The van der Waals surface area contributed by atoms with Crippen molar-refractivity contribution in [2.75, 3.05) is 18.9 Å². The molecule has 4 amide bonds. The molecule has 2 aromatic rings. The Kier molecular flexibility index (Phi) is 7.84. The average molecular weight is 574 g/mol. The molecule has 0 saturated carbocycles. The maximum absolute atomic E-state index is 13.9. The lowest BCUT2D eigenvalue weighted by Gasteiger charge is -2.34. The number of alkyl halides is 3. The molecule has 14 heteroatoms. The summed E-state index contributed by atoms with van der Waals surface area (Å²) in [7, 11) is 1.26. The van der Waals surface area contributed by atoms with Crippen molar-refractivity contribution >= 4 is 29.4 Å². The molecule has 0 bridgehead atoms. The van der Waals surface area contributed by atoms with Gasteiger partial charge in [-0.3, -0.25) is 19.2 Å². The minimum atomic E-state index is -5.18. The molecular weight excluding hydrogens is 543 g/mol. The van der Waals surface area contributed by atoms with Gasteiger partial charge in [0.1, 0.15) is 23.9 Å². The summed E-state index contributed by atoms with van der Waals surface area (Å²) in [6.45, 7) is 4.49. The number of likely N-dealkylation sites (N-methyl/N-ethyl adjacent to an activating group) is 1. The minimum Gasteiger partial charge on any atom is -0.337 e. The van der Waals surface area contributed by atoms with Crippen molar-refractivity contribution < 1.29 is 32.3 Å². The monoisotopic (exact) mass is 573 g/mol. The van der Waals surface area contributed by atoms with Crippen molar-refractivity contribution in [3.63, 3.8) is 0 Å².